The first-order valence-corrected chi connectivity index (χ1v) is 17.3. The summed E-state index contributed by atoms with van der Waals surface area (Å²) < 4.78 is 26.0. The van der Waals surface area contributed by atoms with Gasteiger partial charge in [0.25, 0.3) is 5.24 Å². The van der Waals surface area contributed by atoms with Crippen LogP contribution < -0.4 is 0 Å². The number of rotatable bonds is 3. The zero-order valence-electron chi connectivity index (χ0n) is 20.6. The van der Waals surface area contributed by atoms with E-state index in [4.69, 9.17) is 65.0 Å². The number of halogens is 8. The van der Waals surface area contributed by atoms with E-state index in [1.54, 1.807) is 31.2 Å². The fraction of sp³-hybridized carbons (Fsp3) is 0.0714. The number of aryl methyl sites for hydroxylation is 2. The molecule has 0 heterocycles. The third kappa shape index (κ3) is 13.5. The van der Waals surface area contributed by atoms with Crippen molar-refractivity contribution < 1.29 is 18.4 Å². The number of hydrogen-bond donors (Lipinski definition) is 0. The minimum absolute atomic E-state index is 0.0399. The Kier molecular flexibility index (Phi) is 16.9. The lowest BCUT2D eigenvalue weighted by atomic mass is 10.0. The van der Waals surface area contributed by atoms with Crippen LogP contribution in [0.25, 0.3) is 0 Å². The highest BCUT2D eigenvalue weighted by Gasteiger charge is 2.14. The summed E-state index contributed by atoms with van der Waals surface area (Å²) >= 11 is 14.9. The van der Waals surface area contributed by atoms with Gasteiger partial charge in [-0.15, -0.1) is 0 Å². The van der Waals surface area contributed by atoms with Crippen LogP contribution in [0.15, 0.2) is 91.0 Å². The van der Waals surface area contributed by atoms with Gasteiger partial charge in [-0.1, -0.05) is 89.9 Å². The second kappa shape index (κ2) is 18.7. The topological polar surface area (TPSA) is 34.1 Å². The first kappa shape index (κ1) is 35.4. The molecule has 39 heavy (non-hydrogen) atoms. The lowest BCUT2D eigenvalue weighted by Gasteiger charge is -2.06. The van der Waals surface area contributed by atoms with Crippen molar-refractivity contribution in [1.82, 2.24) is 0 Å². The summed E-state index contributed by atoms with van der Waals surface area (Å²) in [5.74, 6) is -1.04. The zero-order valence-corrected chi connectivity index (χ0v) is 26.3. The molecule has 0 atom stereocenters. The van der Waals surface area contributed by atoms with Gasteiger partial charge in [-0.25, -0.2) is 38.9 Å². The van der Waals surface area contributed by atoms with Crippen LogP contribution in [0.4, 0.5) is 8.78 Å². The molecule has 4 rings (SSSR count). The molecule has 0 aliphatic heterocycles. The van der Waals surface area contributed by atoms with Gasteiger partial charge in [0.1, 0.15) is 11.6 Å². The van der Waals surface area contributed by atoms with Crippen LogP contribution in [0.3, 0.4) is 0 Å². The van der Waals surface area contributed by atoms with Crippen molar-refractivity contribution in [2.45, 2.75) is 13.8 Å². The van der Waals surface area contributed by atoms with Crippen LogP contribution in [0, 0.1) is 25.5 Å². The second-order valence-corrected chi connectivity index (χ2v) is 15.1. The normalized spacial score (nSPS) is 9.49. The Morgan fingerprint density at radius 3 is 1.36 bits per heavy atom. The Morgan fingerprint density at radius 2 is 0.974 bits per heavy atom. The van der Waals surface area contributed by atoms with Gasteiger partial charge in [-0.3, -0.25) is 9.59 Å². The highest BCUT2D eigenvalue weighted by Crippen LogP contribution is 2.23. The van der Waals surface area contributed by atoms with Gasteiger partial charge in [0.15, 0.2) is 5.78 Å². The molecule has 204 valence electrons. The van der Waals surface area contributed by atoms with E-state index in [1.165, 1.54) is 25.1 Å². The molecular weight excluding hydrogens is 646 g/mol. The molecule has 0 amide bonds. The fourth-order valence-electron chi connectivity index (χ4n) is 2.77. The molecule has 2 nitrogen and oxygen atoms in total. The van der Waals surface area contributed by atoms with Gasteiger partial charge in [0.2, 0.25) is 0 Å². The summed E-state index contributed by atoms with van der Waals surface area (Å²) in [4.78, 5) is 22.8. The third-order valence-corrected chi connectivity index (χ3v) is 5.48. The zero-order chi connectivity index (χ0) is 29.5. The average molecular weight is 667 g/mol. The summed E-state index contributed by atoms with van der Waals surface area (Å²) in [5, 5.41) is -0.497. The molecule has 4 aromatic carbocycles. The van der Waals surface area contributed by atoms with E-state index in [0.717, 1.165) is 6.07 Å². The van der Waals surface area contributed by atoms with E-state index in [9.17, 15) is 18.4 Å². The summed E-state index contributed by atoms with van der Waals surface area (Å²) in [6.45, 7) is 3.14. The molecule has 0 saturated carbocycles. The van der Waals surface area contributed by atoms with Crippen LogP contribution in [-0.4, -0.2) is 22.4 Å². The molecule has 0 radical (unpaired) electrons. The van der Waals surface area contributed by atoms with Crippen molar-refractivity contribution >= 4 is 87.4 Å². The highest BCUT2D eigenvalue weighted by atomic mass is 35.8. The van der Waals surface area contributed by atoms with Crippen LogP contribution in [-0.2, 0) is 0 Å². The highest BCUT2D eigenvalue weighted by molar-refractivity contribution is 7.54. The summed E-state index contributed by atoms with van der Waals surface area (Å²) in [5.41, 5.74) is 1.77. The predicted molar refractivity (Wildman–Crippen MR) is 162 cm³/mol. The number of carbonyl (C=O) groups excluding carboxylic acids is 2. The molecule has 0 saturated heterocycles. The maximum absolute atomic E-state index is 13.2. The quantitative estimate of drug-likeness (QED) is 0.124. The number of benzene rings is 4. The molecule has 0 aromatic heterocycles. The van der Waals surface area contributed by atoms with Crippen molar-refractivity contribution in [2.75, 3.05) is 0 Å². The minimum atomic E-state index is -1.72. The van der Waals surface area contributed by atoms with Crippen LogP contribution in [0.5, 0.6) is 0 Å². The average Bonchev–Trinajstić information content (AvgIpc) is 2.90. The number of ketones is 1. The standard InChI is InChI=1S/C14H10ClFO.C8H5Cl2FO.C6H6.Al.3ClH/c1-9-7-11(12(15)8-13(9)16)14(17)10-5-3-2-4-6-10;1-4-2-5(8(10)12)6(9)3-7(4)11;1-2-4-6-5-3-1;;;;/h2-8H,1H3;2-3H,1H3;1-6H;;3*1H/q;;;+3;;;/p-3. The molecule has 4 aromatic rings. The maximum Gasteiger partial charge on any atom is 0.643 e. The summed E-state index contributed by atoms with van der Waals surface area (Å²) in [6.07, 6.45) is 0. The first-order valence-electron chi connectivity index (χ1n) is 11.0. The van der Waals surface area contributed by atoms with Crippen molar-refractivity contribution in [3.05, 3.63) is 140 Å². The molecule has 0 N–H and O–H groups in total. The molecule has 0 spiro atoms. The van der Waals surface area contributed by atoms with Crippen molar-refractivity contribution in [2.24, 2.45) is 0 Å². The SMILES string of the molecule is Cc1cc(C(=O)Cl)c(Cl)cc1F.Cc1cc(C(=O)c2ccccc2)c(Cl)cc1F.[Cl][Al]([Cl])[Cl].c1ccccc1. The molecule has 0 bridgehead atoms. The fourth-order valence-corrected chi connectivity index (χ4v) is 3.45. The smallest absolute Gasteiger partial charge is 0.289 e. The molecule has 0 fully saturated rings. The summed E-state index contributed by atoms with van der Waals surface area (Å²) in [7, 11) is 14.8. The van der Waals surface area contributed by atoms with Crippen LogP contribution >= 0.6 is 65.0 Å². The van der Waals surface area contributed by atoms with E-state index >= 15 is 0 Å². The van der Waals surface area contributed by atoms with Crippen molar-refractivity contribution in [3.63, 3.8) is 0 Å². The maximum atomic E-state index is 13.2. The van der Waals surface area contributed by atoms with Gasteiger partial charge in [-0.2, -0.15) is 0 Å². The largest absolute Gasteiger partial charge is 0.643 e. The Bertz CT molecular complexity index is 1330. The van der Waals surface area contributed by atoms with E-state index in [1.807, 2.05) is 42.5 Å². The van der Waals surface area contributed by atoms with E-state index in [2.05, 4.69) is 0 Å². The Labute approximate surface area is 258 Å². The van der Waals surface area contributed by atoms with Crippen LogP contribution in [0.1, 0.15) is 37.4 Å². The predicted octanol–water partition coefficient (Wildman–Crippen LogP) is 10.6. The van der Waals surface area contributed by atoms with Gasteiger partial charge >= 0.3 is 11.4 Å². The second-order valence-electron chi connectivity index (χ2n) is 7.53. The Morgan fingerprint density at radius 1 is 0.641 bits per heavy atom. The van der Waals surface area contributed by atoms with Gasteiger partial charge < -0.3 is 0 Å². The molecule has 0 aliphatic rings. The van der Waals surface area contributed by atoms with E-state index < -0.39 is 28.3 Å². The summed E-state index contributed by atoms with van der Waals surface area (Å²) in [6, 6.07) is 25.8. The lowest BCUT2D eigenvalue weighted by molar-refractivity contribution is 0.103. The third-order valence-electron chi connectivity index (χ3n) is 4.66. The Balaban J connectivity index is 0.000000298. The van der Waals surface area contributed by atoms with Crippen molar-refractivity contribution in [3.8, 4) is 0 Å². The van der Waals surface area contributed by atoms with Crippen LogP contribution in [0.2, 0.25) is 10.0 Å². The number of hydrogen-bond acceptors (Lipinski definition) is 2. The van der Waals surface area contributed by atoms with Gasteiger partial charge in [0.05, 0.1) is 15.6 Å². The molecule has 0 unspecified atom stereocenters. The first-order chi connectivity index (χ1) is 18.3. The lowest BCUT2D eigenvalue weighted by Crippen LogP contribution is -2.03. The molecular formula is C28H21AlCl6F2O2. The minimum Gasteiger partial charge on any atom is -0.289 e. The molecule has 11 heteroatoms. The van der Waals surface area contributed by atoms with Crippen molar-refractivity contribution in [1.29, 1.82) is 0 Å². The van der Waals surface area contributed by atoms with Gasteiger partial charge in [-0.05, 0) is 60.8 Å². The van der Waals surface area contributed by atoms with Gasteiger partial charge in [0, 0.05) is 11.1 Å². The van der Waals surface area contributed by atoms with E-state index in [0.29, 0.717) is 22.3 Å². The van der Waals surface area contributed by atoms with E-state index in [-0.39, 0.29) is 21.4 Å². The molecule has 0 aliphatic carbocycles. The Hall–Kier alpha value is -1.65. The monoisotopic (exact) mass is 664 g/mol. The number of carbonyl (C=O) groups is 2.